The largest absolute Gasteiger partial charge is 0.493 e. The number of hydrogen-bond acceptors (Lipinski definition) is 6. The number of nitrogens with zero attached hydrogens (tertiary/aromatic N) is 2. The van der Waals surface area contributed by atoms with Gasteiger partial charge in [0.15, 0.2) is 5.82 Å². The van der Waals surface area contributed by atoms with E-state index in [-0.39, 0.29) is 11.4 Å². The lowest BCUT2D eigenvalue weighted by Gasteiger charge is -2.22. The molecule has 1 fully saturated rings. The van der Waals surface area contributed by atoms with Crippen molar-refractivity contribution in [1.29, 1.82) is 0 Å². The molecular formula is C24H29N5O2. The van der Waals surface area contributed by atoms with Crippen LogP contribution in [0.5, 0.6) is 5.75 Å². The standard InChI is InChI=1S/C24H29N5O2/c1-16-20(4-3-5-21(16)25)22-14-29(2)24(30)23(28-22)27-18-6-8-19(9-7-18)31-15-17-10-12-26-13-11-17/h3-9,14,17,26H,10-13,15,25H2,1-2H3,(H,27,28). The van der Waals surface area contributed by atoms with E-state index < -0.39 is 0 Å². The Morgan fingerprint density at radius 3 is 2.68 bits per heavy atom. The number of nitrogens with one attached hydrogen (secondary N) is 2. The molecule has 1 aromatic heterocycles. The quantitative estimate of drug-likeness (QED) is 0.530. The van der Waals surface area contributed by atoms with Gasteiger partial charge in [-0.2, -0.15) is 0 Å². The maximum Gasteiger partial charge on any atom is 0.293 e. The summed E-state index contributed by atoms with van der Waals surface area (Å²) >= 11 is 0. The second kappa shape index (κ2) is 9.22. The van der Waals surface area contributed by atoms with Crippen LogP contribution in [0.25, 0.3) is 11.3 Å². The van der Waals surface area contributed by atoms with E-state index in [1.807, 2.05) is 49.4 Å². The molecule has 7 nitrogen and oxygen atoms in total. The molecule has 0 radical (unpaired) electrons. The molecule has 2 aromatic carbocycles. The zero-order valence-electron chi connectivity index (χ0n) is 18.0. The van der Waals surface area contributed by atoms with Crippen molar-refractivity contribution in [3.05, 3.63) is 64.6 Å². The van der Waals surface area contributed by atoms with Crippen molar-refractivity contribution < 1.29 is 4.74 Å². The predicted molar refractivity (Wildman–Crippen MR) is 125 cm³/mol. The number of nitrogens with two attached hydrogens (primary N) is 1. The fraction of sp³-hybridized carbons (Fsp3) is 0.333. The van der Waals surface area contributed by atoms with Gasteiger partial charge < -0.3 is 25.7 Å². The van der Waals surface area contributed by atoms with Crippen LogP contribution in [0.15, 0.2) is 53.5 Å². The number of anilines is 3. The van der Waals surface area contributed by atoms with Crippen LogP contribution >= 0.6 is 0 Å². The third-order valence-corrected chi connectivity index (χ3v) is 5.78. The molecule has 0 spiro atoms. The van der Waals surface area contributed by atoms with Gasteiger partial charge >= 0.3 is 0 Å². The molecular weight excluding hydrogens is 390 g/mol. The van der Waals surface area contributed by atoms with E-state index in [1.54, 1.807) is 13.2 Å². The van der Waals surface area contributed by atoms with Crippen LogP contribution in [0.1, 0.15) is 18.4 Å². The van der Waals surface area contributed by atoms with Gasteiger partial charge in [0, 0.05) is 30.2 Å². The van der Waals surface area contributed by atoms with E-state index in [2.05, 4.69) is 15.6 Å². The first kappa shape index (κ1) is 20.9. The topological polar surface area (TPSA) is 94.2 Å². The number of aryl methyl sites for hydroxylation is 1. The summed E-state index contributed by atoms with van der Waals surface area (Å²) < 4.78 is 7.48. The molecule has 1 aliphatic heterocycles. The van der Waals surface area contributed by atoms with Crippen molar-refractivity contribution in [1.82, 2.24) is 14.9 Å². The first-order valence-electron chi connectivity index (χ1n) is 10.6. The molecule has 4 N–H and O–H groups in total. The third-order valence-electron chi connectivity index (χ3n) is 5.78. The van der Waals surface area contributed by atoms with Gasteiger partial charge in [-0.05, 0) is 74.7 Å². The first-order valence-corrected chi connectivity index (χ1v) is 10.6. The molecule has 0 atom stereocenters. The number of aromatic nitrogens is 2. The lowest BCUT2D eigenvalue weighted by molar-refractivity contribution is 0.215. The molecule has 31 heavy (non-hydrogen) atoms. The Kier molecular flexibility index (Phi) is 6.23. The van der Waals surface area contributed by atoms with Gasteiger partial charge in [0.2, 0.25) is 0 Å². The minimum absolute atomic E-state index is 0.198. The zero-order chi connectivity index (χ0) is 21.8. The average molecular weight is 420 g/mol. The Morgan fingerprint density at radius 1 is 1.19 bits per heavy atom. The van der Waals surface area contributed by atoms with E-state index in [1.165, 1.54) is 4.57 Å². The molecule has 3 aromatic rings. The number of nitrogen functional groups attached to an aromatic ring is 1. The SMILES string of the molecule is Cc1c(N)cccc1-c1cn(C)c(=O)c(Nc2ccc(OCC3CCNCC3)cc2)n1. The average Bonchev–Trinajstić information content (AvgIpc) is 2.79. The summed E-state index contributed by atoms with van der Waals surface area (Å²) in [6.45, 7) is 4.81. The van der Waals surface area contributed by atoms with Gasteiger partial charge in [0.05, 0.1) is 12.3 Å². The summed E-state index contributed by atoms with van der Waals surface area (Å²) in [6.07, 6.45) is 4.03. The van der Waals surface area contributed by atoms with E-state index in [0.717, 1.165) is 55.1 Å². The van der Waals surface area contributed by atoms with Crippen molar-refractivity contribution in [2.45, 2.75) is 19.8 Å². The van der Waals surface area contributed by atoms with E-state index in [9.17, 15) is 4.79 Å². The summed E-state index contributed by atoms with van der Waals surface area (Å²) in [7, 11) is 1.72. The van der Waals surface area contributed by atoms with Crippen molar-refractivity contribution >= 4 is 17.2 Å². The Morgan fingerprint density at radius 2 is 1.94 bits per heavy atom. The van der Waals surface area contributed by atoms with E-state index in [0.29, 0.717) is 17.3 Å². The highest BCUT2D eigenvalue weighted by Gasteiger charge is 2.14. The number of piperidine rings is 1. The van der Waals surface area contributed by atoms with Gasteiger partial charge in [0.1, 0.15) is 5.75 Å². The fourth-order valence-electron chi connectivity index (χ4n) is 3.78. The van der Waals surface area contributed by atoms with Gasteiger partial charge in [-0.3, -0.25) is 4.79 Å². The van der Waals surface area contributed by atoms with Crippen LogP contribution < -0.4 is 26.7 Å². The molecule has 7 heteroatoms. The molecule has 0 amide bonds. The number of rotatable bonds is 6. The lowest BCUT2D eigenvalue weighted by atomic mass is 9.99. The maximum atomic E-state index is 12.6. The second-order valence-corrected chi connectivity index (χ2v) is 8.06. The highest BCUT2D eigenvalue weighted by Crippen LogP contribution is 2.26. The fourth-order valence-corrected chi connectivity index (χ4v) is 3.78. The Labute approximate surface area is 182 Å². The molecule has 0 saturated carbocycles. The maximum absolute atomic E-state index is 12.6. The highest BCUT2D eigenvalue weighted by atomic mass is 16.5. The highest BCUT2D eigenvalue weighted by molar-refractivity contribution is 5.71. The summed E-state index contributed by atoms with van der Waals surface area (Å²) in [4.78, 5) is 17.2. The zero-order valence-corrected chi connectivity index (χ0v) is 18.0. The van der Waals surface area contributed by atoms with Crippen molar-refractivity contribution in [3.8, 4) is 17.0 Å². The predicted octanol–water partition coefficient (Wildman–Crippen LogP) is 3.46. The normalized spacial score (nSPS) is 14.4. The van der Waals surface area contributed by atoms with E-state index >= 15 is 0 Å². The Bertz CT molecular complexity index is 1100. The third kappa shape index (κ3) is 4.88. The van der Waals surface area contributed by atoms with Crippen LogP contribution in [0.2, 0.25) is 0 Å². The molecule has 0 aliphatic carbocycles. The van der Waals surface area contributed by atoms with Crippen LogP contribution in [-0.2, 0) is 7.05 Å². The number of benzene rings is 2. The first-order chi connectivity index (χ1) is 15.0. The molecule has 162 valence electrons. The Hall–Kier alpha value is -3.32. The van der Waals surface area contributed by atoms with Crippen LogP contribution in [0, 0.1) is 12.8 Å². The summed E-state index contributed by atoms with van der Waals surface area (Å²) in [6, 6.07) is 13.3. The number of hydrogen-bond donors (Lipinski definition) is 3. The lowest BCUT2D eigenvalue weighted by Crippen LogP contribution is -2.30. The van der Waals surface area contributed by atoms with Crippen molar-refractivity contribution in [2.75, 3.05) is 30.7 Å². The molecule has 2 heterocycles. The van der Waals surface area contributed by atoms with Crippen LogP contribution in [0.3, 0.4) is 0 Å². The summed E-state index contributed by atoms with van der Waals surface area (Å²) in [5.74, 6) is 1.70. The van der Waals surface area contributed by atoms with Gasteiger partial charge in [-0.1, -0.05) is 12.1 Å². The van der Waals surface area contributed by atoms with Crippen molar-refractivity contribution in [3.63, 3.8) is 0 Å². The smallest absolute Gasteiger partial charge is 0.293 e. The van der Waals surface area contributed by atoms with Crippen molar-refractivity contribution in [2.24, 2.45) is 13.0 Å². The monoisotopic (exact) mass is 419 g/mol. The van der Waals surface area contributed by atoms with Gasteiger partial charge in [-0.25, -0.2) is 4.98 Å². The van der Waals surface area contributed by atoms with Crippen LogP contribution in [0.4, 0.5) is 17.2 Å². The molecule has 1 aliphatic rings. The minimum Gasteiger partial charge on any atom is -0.493 e. The minimum atomic E-state index is -0.198. The molecule has 1 saturated heterocycles. The molecule has 4 rings (SSSR count). The van der Waals surface area contributed by atoms with Gasteiger partial charge in [0.25, 0.3) is 5.56 Å². The summed E-state index contributed by atoms with van der Waals surface area (Å²) in [5, 5.41) is 6.52. The second-order valence-electron chi connectivity index (χ2n) is 8.06. The van der Waals surface area contributed by atoms with E-state index in [4.69, 9.17) is 10.5 Å². The Balaban J connectivity index is 1.50. The molecule has 0 bridgehead atoms. The summed E-state index contributed by atoms with van der Waals surface area (Å²) in [5.41, 5.74) is 9.86. The number of ether oxygens (including phenoxy) is 1. The van der Waals surface area contributed by atoms with Crippen LogP contribution in [-0.4, -0.2) is 29.2 Å². The molecule has 0 unspecified atom stereocenters. The van der Waals surface area contributed by atoms with Gasteiger partial charge in [-0.15, -0.1) is 0 Å².